The summed E-state index contributed by atoms with van der Waals surface area (Å²) in [5.41, 5.74) is 0. The maximum Gasteiger partial charge on any atom is 0.469 e. The summed E-state index contributed by atoms with van der Waals surface area (Å²) in [7, 11) is -4.85. The van der Waals surface area contributed by atoms with E-state index in [-0.39, 0.29) is 32.1 Å². The van der Waals surface area contributed by atoms with E-state index in [1.54, 1.807) is 0 Å². The topological polar surface area (TPSA) is 160 Å². The number of allylic oxidation sites excluding steroid dienone is 11. The molecule has 0 aromatic rings. The number of ether oxygens (including phenoxy) is 2. The molecule has 0 fully saturated rings. The van der Waals surface area contributed by atoms with Crippen molar-refractivity contribution in [3.05, 3.63) is 72.9 Å². The van der Waals surface area contributed by atoms with Crippen LogP contribution in [0.5, 0.6) is 0 Å². The van der Waals surface area contributed by atoms with Crippen LogP contribution in [0.1, 0.15) is 155 Å². The van der Waals surface area contributed by atoms with Gasteiger partial charge in [-0.3, -0.25) is 14.1 Å². The van der Waals surface area contributed by atoms with Crippen molar-refractivity contribution in [3.63, 3.8) is 0 Å². The van der Waals surface area contributed by atoms with E-state index < -0.39 is 51.3 Å². The van der Waals surface area contributed by atoms with Gasteiger partial charge in [0.15, 0.2) is 6.10 Å². The van der Waals surface area contributed by atoms with Crippen molar-refractivity contribution in [1.29, 1.82) is 0 Å². The van der Waals surface area contributed by atoms with Gasteiger partial charge in [-0.1, -0.05) is 132 Å². The van der Waals surface area contributed by atoms with Crippen molar-refractivity contribution in [2.45, 2.75) is 173 Å². The molecule has 310 valence electrons. The number of carbonyl (C=O) groups excluding carboxylic acids is 2. The number of unbranched alkanes of at least 4 members (excludes halogenated alkanes) is 10. The van der Waals surface area contributed by atoms with Crippen molar-refractivity contribution in [2.75, 3.05) is 13.2 Å². The number of hydrogen-bond donors (Lipinski definition) is 4. The summed E-state index contributed by atoms with van der Waals surface area (Å²) < 4.78 is 26.1. The summed E-state index contributed by atoms with van der Waals surface area (Å²) in [5, 5.41) is 20.6. The number of aliphatic hydroxyl groups is 2. The normalized spacial score (nSPS) is 14.4. The Morgan fingerprint density at radius 3 is 1.59 bits per heavy atom. The van der Waals surface area contributed by atoms with Gasteiger partial charge in [0.2, 0.25) is 0 Å². The molecule has 54 heavy (non-hydrogen) atoms. The Labute approximate surface area is 326 Å². The van der Waals surface area contributed by atoms with Gasteiger partial charge in [-0.05, 0) is 83.5 Å². The number of carbonyl (C=O) groups is 2. The van der Waals surface area contributed by atoms with Gasteiger partial charge in [0.25, 0.3) is 0 Å². The van der Waals surface area contributed by atoms with Crippen LogP contribution in [0, 0.1) is 0 Å². The van der Waals surface area contributed by atoms with Gasteiger partial charge in [0.1, 0.15) is 6.61 Å². The lowest BCUT2D eigenvalue weighted by Gasteiger charge is -2.19. The van der Waals surface area contributed by atoms with Crippen LogP contribution in [0.2, 0.25) is 0 Å². The molecule has 0 aromatic carbocycles. The van der Waals surface area contributed by atoms with Crippen molar-refractivity contribution < 1.29 is 48.2 Å². The molecule has 0 bridgehead atoms. The fraction of sp³-hybridized carbons (Fsp3) is 0.674. The van der Waals surface area contributed by atoms with Crippen LogP contribution >= 0.6 is 7.82 Å². The van der Waals surface area contributed by atoms with Crippen LogP contribution in [0.4, 0.5) is 0 Å². The molecule has 0 spiro atoms. The molecular weight excluding hydrogens is 707 g/mol. The zero-order chi connectivity index (χ0) is 40.0. The van der Waals surface area contributed by atoms with Gasteiger partial charge in [0, 0.05) is 12.8 Å². The highest BCUT2D eigenvalue weighted by molar-refractivity contribution is 7.46. The highest BCUT2D eigenvalue weighted by atomic mass is 31.2. The largest absolute Gasteiger partial charge is 0.469 e. The minimum absolute atomic E-state index is 0.116. The quantitative estimate of drug-likeness (QED) is 0.0209. The average molecular weight is 781 g/mol. The number of rotatable bonds is 36. The van der Waals surface area contributed by atoms with Crippen molar-refractivity contribution >= 4 is 19.8 Å². The lowest BCUT2D eigenvalue weighted by Crippen LogP contribution is -2.30. The zero-order valence-corrected chi connectivity index (χ0v) is 34.2. The van der Waals surface area contributed by atoms with Crippen LogP contribution in [0.15, 0.2) is 72.9 Å². The fourth-order valence-corrected chi connectivity index (χ4v) is 5.56. The molecule has 0 saturated heterocycles. The standard InChI is InChI=1S/C43H73O10P/c1-3-5-7-9-11-13-15-17-18-19-20-21-23-25-27-29-31-35-42(46)51-37-39(38-52-54(48,49)50)53-43(47)36-32-34-41(45)40(44)33-30-28-26-24-22-16-14-12-10-8-6-4-2/h12,14,17-18,20-22,24-25,27-28,30,39-41,44-45H,3-11,13,15-16,19,23,26,29,31-38H2,1-2H3,(H2,48,49,50)/b14-12-,18-17-,21-20-,24-22-,27-25-,30-28-/t39-,40?,41?/m1/s1. The summed E-state index contributed by atoms with van der Waals surface area (Å²) >= 11 is 0. The van der Waals surface area contributed by atoms with E-state index in [1.165, 1.54) is 57.8 Å². The molecule has 0 saturated carbocycles. The fourth-order valence-electron chi connectivity index (χ4n) is 5.20. The predicted molar refractivity (Wildman–Crippen MR) is 219 cm³/mol. The number of phosphoric ester groups is 1. The molecule has 0 aliphatic rings. The smallest absolute Gasteiger partial charge is 0.462 e. The van der Waals surface area contributed by atoms with E-state index >= 15 is 0 Å². The summed E-state index contributed by atoms with van der Waals surface area (Å²) in [4.78, 5) is 42.8. The maximum atomic E-state index is 12.4. The van der Waals surface area contributed by atoms with E-state index in [0.717, 1.165) is 38.5 Å². The van der Waals surface area contributed by atoms with Gasteiger partial charge >= 0.3 is 19.8 Å². The Morgan fingerprint density at radius 1 is 0.556 bits per heavy atom. The Kier molecular flexibility index (Phi) is 35.5. The lowest BCUT2D eigenvalue weighted by atomic mass is 10.0. The maximum absolute atomic E-state index is 12.4. The minimum Gasteiger partial charge on any atom is -0.462 e. The number of aliphatic hydroxyl groups excluding tert-OH is 2. The molecule has 4 N–H and O–H groups in total. The minimum atomic E-state index is -4.85. The molecule has 0 amide bonds. The summed E-state index contributed by atoms with van der Waals surface area (Å²) in [6.07, 6.45) is 40.9. The monoisotopic (exact) mass is 780 g/mol. The van der Waals surface area contributed by atoms with Crippen LogP contribution in [0.25, 0.3) is 0 Å². The molecule has 11 heteroatoms. The second kappa shape index (κ2) is 37.3. The Balaban J connectivity index is 4.29. The molecule has 0 radical (unpaired) electrons. The molecule has 0 aliphatic carbocycles. The molecule has 0 rings (SSSR count). The third-order valence-corrected chi connectivity index (χ3v) is 8.88. The second-order valence-electron chi connectivity index (χ2n) is 13.6. The molecular formula is C43H73O10P. The molecule has 0 heterocycles. The third-order valence-electron chi connectivity index (χ3n) is 8.40. The van der Waals surface area contributed by atoms with Gasteiger partial charge < -0.3 is 29.5 Å². The zero-order valence-electron chi connectivity index (χ0n) is 33.3. The highest BCUT2D eigenvalue weighted by Crippen LogP contribution is 2.36. The molecule has 10 nitrogen and oxygen atoms in total. The van der Waals surface area contributed by atoms with Gasteiger partial charge in [-0.15, -0.1) is 0 Å². The molecule has 0 aromatic heterocycles. The number of phosphoric acid groups is 1. The Morgan fingerprint density at radius 2 is 1.02 bits per heavy atom. The first kappa shape index (κ1) is 51.4. The number of hydrogen-bond acceptors (Lipinski definition) is 8. The van der Waals surface area contributed by atoms with Crippen LogP contribution < -0.4 is 0 Å². The lowest BCUT2D eigenvalue weighted by molar-refractivity contribution is -0.161. The van der Waals surface area contributed by atoms with Gasteiger partial charge in [-0.25, -0.2) is 4.57 Å². The van der Waals surface area contributed by atoms with Crippen molar-refractivity contribution in [2.24, 2.45) is 0 Å². The van der Waals surface area contributed by atoms with E-state index in [2.05, 4.69) is 67.0 Å². The van der Waals surface area contributed by atoms with E-state index in [9.17, 15) is 24.4 Å². The number of esters is 2. The SMILES string of the molecule is CCCCC/C=C\C/C=C\C/C=C\CC(O)C(O)CCCC(=O)O[C@H](COC(=O)CCC/C=C\C/C=C\C/C=C\CCCCCCCC)COP(=O)(O)O. The van der Waals surface area contributed by atoms with Crippen LogP contribution in [-0.2, 0) is 28.2 Å². The third kappa shape index (κ3) is 37.7. The Bertz CT molecular complexity index is 1140. The molecule has 3 atom stereocenters. The van der Waals surface area contributed by atoms with E-state index in [1.807, 2.05) is 24.3 Å². The first-order valence-electron chi connectivity index (χ1n) is 20.4. The second-order valence-corrected chi connectivity index (χ2v) is 14.8. The van der Waals surface area contributed by atoms with Crippen molar-refractivity contribution in [1.82, 2.24) is 0 Å². The first-order chi connectivity index (χ1) is 26.1. The highest BCUT2D eigenvalue weighted by Gasteiger charge is 2.23. The van der Waals surface area contributed by atoms with Gasteiger partial charge in [-0.2, -0.15) is 0 Å². The van der Waals surface area contributed by atoms with Gasteiger partial charge in [0.05, 0.1) is 18.8 Å². The first-order valence-corrected chi connectivity index (χ1v) is 21.9. The summed E-state index contributed by atoms with van der Waals surface area (Å²) in [5.74, 6) is -1.24. The Hall–Kier alpha value is -2.59. The predicted octanol–water partition coefficient (Wildman–Crippen LogP) is 10.2. The van der Waals surface area contributed by atoms with Crippen LogP contribution in [0.3, 0.4) is 0 Å². The summed E-state index contributed by atoms with van der Waals surface area (Å²) in [6.45, 7) is 3.35. The van der Waals surface area contributed by atoms with E-state index in [0.29, 0.717) is 12.8 Å². The summed E-state index contributed by atoms with van der Waals surface area (Å²) in [6, 6.07) is 0. The van der Waals surface area contributed by atoms with Crippen molar-refractivity contribution in [3.8, 4) is 0 Å². The average Bonchev–Trinajstić information content (AvgIpc) is 3.13. The van der Waals surface area contributed by atoms with E-state index in [4.69, 9.17) is 19.3 Å². The molecule has 2 unspecified atom stereocenters. The van der Waals surface area contributed by atoms with Crippen LogP contribution in [-0.4, -0.2) is 63.5 Å². The molecule has 0 aliphatic heterocycles.